The van der Waals surface area contributed by atoms with Crippen LogP contribution in [0.3, 0.4) is 0 Å². The molecule has 5 nitrogen and oxygen atoms in total. The molecule has 0 radical (unpaired) electrons. The highest BCUT2D eigenvalue weighted by atomic mass is 19.1. The van der Waals surface area contributed by atoms with Crippen molar-refractivity contribution in [2.24, 2.45) is 0 Å². The van der Waals surface area contributed by atoms with Gasteiger partial charge in [0.2, 0.25) is 5.76 Å². The van der Waals surface area contributed by atoms with E-state index in [9.17, 15) is 9.18 Å². The minimum Gasteiger partial charge on any atom is -0.505 e. The Kier molecular flexibility index (Phi) is 2.18. The topological polar surface area (TPSA) is 87.0 Å². The molecule has 0 aliphatic carbocycles. The Balaban J connectivity index is 2.80. The van der Waals surface area contributed by atoms with Crippen LogP contribution in [0.2, 0.25) is 0 Å². The minimum absolute atomic E-state index is 0.829. The number of carbonyl (C=O) groups excluding carboxylic acids is 1. The average Bonchev–Trinajstić information content (AvgIpc) is 2.32. The molecule has 0 unspecified atom stereocenters. The number of aliphatic hydroxyl groups excluding tert-OH is 3. The highest BCUT2D eigenvalue weighted by molar-refractivity contribution is 5.89. The third kappa shape index (κ3) is 1.20. The van der Waals surface area contributed by atoms with E-state index in [1.165, 1.54) is 0 Å². The van der Waals surface area contributed by atoms with Gasteiger partial charge in [-0.25, -0.2) is 9.18 Å². The summed E-state index contributed by atoms with van der Waals surface area (Å²) in [6, 6.07) is 0. The van der Waals surface area contributed by atoms with Gasteiger partial charge in [-0.3, -0.25) is 0 Å². The van der Waals surface area contributed by atoms with E-state index in [4.69, 9.17) is 15.3 Å². The second-order valence-electron chi connectivity index (χ2n) is 2.28. The fourth-order valence-electron chi connectivity index (χ4n) is 0.808. The lowest BCUT2D eigenvalue weighted by atomic mass is 10.2. The highest BCUT2D eigenvalue weighted by Gasteiger charge is 2.39. The fourth-order valence-corrected chi connectivity index (χ4v) is 0.808. The SMILES string of the molecule is O=C1O[C@H]([C@@H](O)CF)C(O)=C1O. The van der Waals surface area contributed by atoms with Crippen molar-refractivity contribution in [2.45, 2.75) is 12.2 Å². The van der Waals surface area contributed by atoms with E-state index in [-0.39, 0.29) is 0 Å². The molecular weight excluding hydrogens is 171 g/mol. The van der Waals surface area contributed by atoms with Crippen LogP contribution in [0.25, 0.3) is 0 Å². The van der Waals surface area contributed by atoms with Gasteiger partial charge in [0.1, 0.15) is 12.8 Å². The zero-order chi connectivity index (χ0) is 9.30. The number of alkyl halides is 1. The van der Waals surface area contributed by atoms with E-state index in [2.05, 4.69) is 4.74 Å². The monoisotopic (exact) mass is 178 g/mol. The van der Waals surface area contributed by atoms with E-state index >= 15 is 0 Å². The Bertz CT molecular complexity index is 236. The molecule has 0 amide bonds. The quantitative estimate of drug-likeness (QED) is 0.499. The van der Waals surface area contributed by atoms with Crippen molar-refractivity contribution in [3.8, 4) is 0 Å². The van der Waals surface area contributed by atoms with Crippen molar-refractivity contribution in [3.63, 3.8) is 0 Å². The summed E-state index contributed by atoms with van der Waals surface area (Å²) in [7, 11) is 0. The van der Waals surface area contributed by atoms with Crippen LogP contribution in [-0.2, 0) is 9.53 Å². The van der Waals surface area contributed by atoms with Gasteiger partial charge in [-0.2, -0.15) is 0 Å². The number of cyclic esters (lactones) is 1. The maximum absolute atomic E-state index is 11.8. The van der Waals surface area contributed by atoms with Crippen LogP contribution in [-0.4, -0.2) is 40.2 Å². The highest BCUT2D eigenvalue weighted by Crippen LogP contribution is 2.21. The molecular formula is C6H7FO5. The normalized spacial score (nSPS) is 25.8. The lowest BCUT2D eigenvalue weighted by Crippen LogP contribution is -2.30. The molecule has 1 heterocycles. The van der Waals surface area contributed by atoms with Crippen LogP contribution in [0.15, 0.2) is 11.5 Å². The summed E-state index contributed by atoms with van der Waals surface area (Å²) < 4.78 is 16.0. The Morgan fingerprint density at radius 2 is 2.17 bits per heavy atom. The van der Waals surface area contributed by atoms with Crippen molar-refractivity contribution in [3.05, 3.63) is 11.5 Å². The maximum atomic E-state index is 11.8. The molecule has 68 valence electrons. The molecule has 0 aromatic rings. The third-order valence-corrected chi connectivity index (χ3v) is 1.45. The smallest absolute Gasteiger partial charge is 0.377 e. The second-order valence-corrected chi connectivity index (χ2v) is 2.28. The number of rotatable bonds is 2. The second kappa shape index (κ2) is 2.98. The number of ether oxygens (including phenoxy) is 1. The van der Waals surface area contributed by atoms with E-state index in [0.717, 1.165) is 0 Å². The third-order valence-electron chi connectivity index (χ3n) is 1.45. The van der Waals surface area contributed by atoms with Crippen LogP contribution in [0, 0.1) is 0 Å². The van der Waals surface area contributed by atoms with Crippen molar-refractivity contribution in [1.29, 1.82) is 0 Å². The summed E-state index contributed by atoms with van der Waals surface area (Å²) >= 11 is 0. The molecule has 0 bridgehead atoms. The Labute approximate surface area is 66.7 Å². The van der Waals surface area contributed by atoms with E-state index in [0.29, 0.717) is 0 Å². The molecule has 0 saturated carbocycles. The number of hydrogen-bond donors (Lipinski definition) is 3. The summed E-state index contributed by atoms with van der Waals surface area (Å²) in [4.78, 5) is 10.5. The maximum Gasteiger partial charge on any atom is 0.377 e. The van der Waals surface area contributed by atoms with Crippen LogP contribution >= 0.6 is 0 Å². The molecule has 6 heteroatoms. The molecule has 1 rings (SSSR count). The Hall–Kier alpha value is -1.30. The lowest BCUT2D eigenvalue weighted by molar-refractivity contribution is -0.147. The summed E-state index contributed by atoms with van der Waals surface area (Å²) in [6.45, 7) is -1.17. The van der Waals surface area contributed by atoms with Crippen LogP contribution < -0.4 is 0 Å². The van der Waals surface area contributed by atoms with Crippen LogP contribution in [0.5, 0.6) is 0 Å². The molecule has 0 spiro atoms. The predicted molar refractivity (Wildman–Crippen MR) is 34.1 cm³/mol. The number of carbonyl (C=O) groups is 1. The van der Waals surface area contributed by atoms with E-state index < -0.39 is 36.4 Å². The van der Waals surface area contributed by atoms with E-state index in [1.807, 2.05) is 0 Å². The Morgan fingerprint density at radius 3 is 2.50 bits per heavy atom. The van der Waals surface area contributed by atoms with Gasteiger partial charge in [0.15, 0.2) is 11.9 Å². The van der Waals surface area contributed by atoms with Crippen LogP contribution in [0.4, 0.5) is 4.39 Å². The lowest BCUT2D eigenvalue weighted by Gasteiger charge is -2.13. The first-order valence-corrected chi connectivity index (χ1v) is 3.15. The average molecular weight is 178 g/mol. The van der Waals surface area contributed by atoms with Crippen molar-refractivity contribution in [1.82, 2.24) is 0 Å². The van der Waals surface area contributed by atoms with Gasteiger partial charge in [0, 0.05) is 0 Å². The fraction of sp³-hybridized carbons (Fsp3) is 0.500. The van der Waals surface area contributed by atoms with E-state index in [1.54, 1.807) is 0 Å². The van der Waals surface area contributed by atoms with Crippen LogP contribution in [0.1, 0.15) is 0 Å². The molecule has 2 atom stereocenters. The molecule has 0 aromatic heterocycles. The molecule has 0 saturated heterocycles. The summed E-state index contributed by atoms with van der Waals surface area (Å²) in [5.74, 6) is -2.97. The molecule has 1 aliphatic heterocycles. The molecule has 0 fully saturated rings. The van der Waals surface area contributed by atoms with Gasteiger partial charge >= 0.3 is 5.97 Å². The van der Waals surface area contributed by atoms with Crippen molar-refractivity contribution >= 4 is 5.97 Å². The zero-order valence-corrected chi connectivity index (χ0v) is 5.90. The molecule has 3 N–H and O–H groups in total. The van der Waals surface area contributed by atoms with Gasteiger partial charge < -0.3 is 20.1 Å². The minimum atomic E-state index is -1.64. The summed E-state index contributed by atoms with van der Waals surface area (Å²) in [5, 5.41) is 26.4. The van der Waals surface area contributed by atoms with Gasteiger partial charge in [0.05, 0.1) is 0 Å². The van der Waals surface area contributed by atoms with Gasteiger partial charge in [-0.15, -0.1) is 0 Å². The van der Waals surface area contributed by atoms with Crippen molar-refractivity contribution in [2.75, 3.05) is 6.67 Å². The van der Waals surface area contributed by atoms with Crippen molar-refractivity contribution < 1.29 is 29.2 Å². The number of halogens is 1. The van der Waals surface area contributed by atoms with Gasteiger partial charge in [0.25, 0.3) is 0 Å². The first kappa shape index (κ1) is 8.79. The largest absolute Gasteiger partial charge is 0.505 e. The zero-order valence-electron chi connectivity index (χ0n) is 5.90. The summed E-state index contributed by atoms with van der Waals surface area (Å²) in [6.07, 6.45) is -3.12. The standard InChI is InChI=1S/C6H7FO5/c7-1-2(8)5-3(9)4(10)6(11)12-5/h2,5,8-10H,1H2/t2-,5+/m0/s1. The molecule has 0 aromatic carbocycles. The first-order chi connectivity index (χ1) is 5.57. The number of esters is 1. The van der Waals surface area contributed by atoms with Gasteiger partial charge in [-0.05, 0) is 0 Å². The predicted octanol–water partition coefficient (Wildman–Crippen LogP) is -0.430. The Morgan fingerprint density at radius 1 is 1.58 bits per heavy atom. The molecule has 1 aliphatic rings. The first-order valence-electron chi connectivity index (χ1n) is 3.15. The summed E-state index contributed by atoms with van der Waals surface area (Å²) in [5.41, 5.74) is 0. The number of hydrogen-bond acceptors (Lipinski definition) is 5. The molecule has 12 heavy (non-hydrogen) atoms. The number of aliphatic hydroxyl groups is 3. The van der Waals surface area contributed by atoms with Gasteiger partial charge in [-0.1, -0.05) is 0 Å².